The van der Waals surface area contributed by atoms with Crippen LogP contribution in [-0.2, 0) is 9.53 Å². The Morgan fingerprint density at radius 2 is 2.40 bits per heavy atom. The van der Waals surface area contributed by atoms with E-state index in [0.29, 0.717) is 18.6 Å². The van der Waals surface area contributed by atoms with E-state index in [4.69, 9.17) is 4.74 Å². The molecular weight excluding hydrogens is 128 g/mol. The van der Waals surface area contributed by atoms with Crippen LogP contribution in [0.2, 0.25) is 0 Å². The van der Waals surface area contributed by atoms with Gasteiger partial charge in [-0.2, -0.15) is 0 Å². The molecule has 10 heavy (non-hydrogen) atoms. The highest BCUT2D eigenvalue weighted by Gasteiger charge is 2.32. The molecule has 0 N–H and O–H groups in total. The van der Waals surface area contributed by atoms with Gasteiger partial charge >= 0.3 is 0 Å². The maximum absolute atomic E-state index is 11.0. The lowest BCUT2D eigenvalue weighted by molar-refractivity contribution is -0.128. The average molecular weight is 138 g/mol. The molecule has 2 atom stereocenters. The van der Waals surface area contributed by atoms with Gasteiger partial charge in [-0.1, -0.05) is 6.08 Å². The average Bonchev–Trinajstić information content (AvgIpc) is 2.07. The van der Waals surface area contributed by atoms with Gasteiger partial charge in [0.2, 0.25) is 0 Å². The second kappa shape index (κ2) is 1.92. The molecule has 2 heterocycles. The third kappa shape index (κ3) is 0.797. The van der Waals surface area contributed by atoms with Gasteiger partial charge in [-0.15, -0.1) is 0 Å². The maximum atomic E-state index is 11.0. The van der Waals surface area contributed by atoms with Gasteiger partial charge in [-0.3, -0.25) is 4.79 Å². The number of carbonyl (C=O) groups excluding carboxylic acids is 1. The van der Waals surface area contributed by atoms with Crippen molar-refractivity contribution in [1.82, 2.24) is 0 Å². The van der Waals surface area contributed by atoms with Crippen molar-refractivity contribution in [2.75, 3.05) is 0 Å². The van der Waals surface area contributed by atoms with Gasteiger partial charge in [0.05, 0.1) is 12.2 Å². The molecule has 0 saturated carbocycles. The van der Waals surface area contributed by atoms with E-state index in [1.54, 1.807) is 0 Å². The Kier molecular flexibility index (Phi) is 1.17. The maximum Gasteiger partial charge on any atom is 0.138 e. The summed E-state index contributed by atoms with van der Waals surface area (Å²) in [6.45, 7) is 2.03. The van der Waals surface area contributed by atoms with Gasteiger partial charge in [0.15, 0.2) is 0 Å². The molecule has 2 bridgehead atoms. The SMILES string of the molecule is CC1=C[C@H]2CC(=O)C[C@@H]1O2. The molecule has 0 aromatic rings. The molecule has 0 unspecified atom stereocenters. The highest BCUT2D eigenvalue weighted by molar-refractivity contribution is 5.81. The summed E-state index contributed by atoms with van der Waals surface area (Å²) in [5.41, 5.74) is 1.23. The Morgan fingerprint density at radius 3 is 3.10 bits per heavy atom. The normalized spacial score (nSPS) is 38.1. The van der Waals surface area contributed by atoms with E-state index >= 15 is 0 Å². The molecular formula is C8H10O2. The molecule has 0 radical (unpaired) electrons. The van der Waals surface area contributed by atoms with Crippen molar-refractivity contribution in [3.63, 3.8) is 0 Å². The summed E-state index contributed by atoms with van der Waals surface area (Å²) in [6.07, 6.45) is 3.47. The Balaban J connectivity index is 2.23. The van der Waals surface area contributed by atoms with Crippen molar-refractivity contribution in [3.05, 3.63) is 11.6 Å². The van der Waals surface area contributed by atoms with Gasteiger partial charge in [0.1, 0.15) is 5.78 Å². The largest absolute Gasteiger partial charge is 0.366 e. The van der Waals surface area contributed by atoms with Crippen molar-refractivity contribution in [2.24, 2.45) is 0 Å². The molecule has 1 saturated heterocycles. The topological polar surface area (TPSA) is 26.3 Å². The molecule has 0 aromatic heterocycles. The lowest BCUT2D eigenvalue weighted by Gasteiger charge is -2.19. The van der Waals surface area contributed by atoms with Gasteiger partial charge in [-0.25, -0.2) is 0 Å². The molecule has 2 heteroatoms. The predicted molar refractivity (Wildman–Crippen MR) is 36.7 cm³/mol. The van der Waals surface area contributed by atoms with E-state index in [9.17, 15) is 4.79 Å². The zero-order valence-electron chi connectivity index (χ0n) is 5.96. The highest BCUT2D eigenvalue weighted by Crippen LogP contribution is 2.29. The first-order chi connectivity index (χ1) is 4.75. The summed E-state index contributed by atoms with van der Waals surface area (Å²) in [5.74, 6) is 0.342. The van der Waals surface area contributed by atoms with Crippen LogP contribution in [0.25, 0.3) is 0 Å². The minimum Gasteiger partial charge on any atom is -0.366 e. The summed E-state index contributed by atoms with van der Waals surface area (Å²) in [5, 5.41) is 0. The number of carbonyl (C=O) groups is 1. The third-order valence-corrected chi connectivity index (χ3v) is 2.14. The molecule has 1 fully saturated rings. The quantitative estimate of drug-likeness (QED) is 0.468. The third-order valence-electron chi connectivity index (χ3n) is 2.14. The summed E-state index contributed by atoms with van der Waals surface area (Å²) in [6, 6.07) is 0. The van der Waals surface area contributed by atoms with Crippen LogP contribution in [-0.4, -0.2) is 18.0 Å². The minimum atomic E-state index is 0.103. The van der Waals surface area contributed by atoms with Crippen molar-refractivity contribution in [3.8, 4) is 0 Å². The van der Waals surface area contributed by atoms with Crippen molar-refractivity contribution < 1.29 is 9.53 Å². The van der Waals surface area contributed by atoms with Crippen LogP contribution in [0.1, 0.15) is 19.8 Å². The molecule has 0 amide bonds. The summed E-state index contributed by atoms with van der Waals surface area (Å²) in [4.78, 5) is 11.0. The van der Waals surface area contributed by atoms with Crippen LogP contribution in [0, 0.1) is 0 Å². The van der Waals surface area contributed by atoms with E-state index in [-0.39, 0.29) is 12.2 Å². The fourth-order valence-corrected chi connectivity index (χ4v) is 1.59. The monoisotopic (exact) mass is 138 g/mol. The number of Topliss-reactive ketones (excluding diaryl/α,β-unsaturated/α-hetero) is 1. The fourth-order valence-electron chi connectivity index (χ4n) is 1.59. The summed E-state index contributed by atoms with van der Waals surface area (Å²) in [7, 11) is 0. The molecule has 2 aliphatic rings. The first-order valence-corrected chi connectivity index (χ1v) is 3.61. The number of ether oxygens (including phenoxy) is 1. The van der Waals surface area contributed by atoms with E-state index < -0.39 is 0 Å². The summed E-state index contributed by atoms with van der Waals surface area (Å²) < 4.78 is 5.47. The zero-order valence-corrected chi connectivity index (χ0v) is 5.96. The van der Waals surface area contributed by atoms with Gasteiger partial charge in [-0.05, 0) is 12.5 Å². The Bertz CT molecular complexity index is 205. The van der Waals surface area contributed by atoms with Gasteiger partial charge < -0.3 is 4.74 Å². The second-order valence-corrected chi connectivity index (χ2v) is 3.02. The predicted octanol–water partition coefficient (Wildman–Crippen LogP) is 1.06. The van der Waals surface area contributed by atoms with Crippen LogP contribution in [0.5, 0.6) is 0 Å². The number of ketones is 1. The van der Waals surface area contributed by atoms with Crippen LogP contribution in [0.15, 0.2) is 11.6 Å². The molecule has 2 nitrogen and oxygen atoms in total. The van der Waals surface area contributed by atoms with Gasteiger partial charge in [0, 0.05) is 12.8 Å². The van der Waals surface area contributed by atoms with E-state index in [2.05, 4.69) is 6.08 Å². The molecule has 2 rings (SSSR count). The van der Waals surface area contributed by atoms with E-state index in [0.717, 1.165) is 0 Å². The number of hydrogen-bond donors (Lipinski definition) is 0. The van der Waals surface area contributed by atoms with Gasteiger partial charge in [0.25, 0.3) is 0 Å². The minimum absolute atomic E-state index is 0.103. The lowest BCUT2D eigenvalue weighted by atomic mass is 10.1. The number of rotatable bonds is 0. The summed E-state index contributed by atoms with van der Waals surface area (Å²) >= 11 is 0. The Hall–Kier alpha value is -0.630. The van der Waals surface area contributed by atoms with Crippen LogP contribution in [0.4, 0.5) is 0 Å². The number of hydrogen-bond acceptors (Lipinski definition) is 2. The molecule has 0 aliphatic carbocycles. The lowest BCUT2D eigenvalue weighted by Crippen LogP contribution is -2.26. The Morgan fingerprint density at radius 1 is 1.60 bits per heavy atom. The highest BCUT2D eigenvalue weighted by atomic mass is 16.5. The fraction of sp³-hybridized carbons (Fsp3) is 0.625. The molecule has 54 valence electrons. The smallest absolute Gasteiger partial charge is 0.138 e. The molecule has 2 aliphatic heterocycles. The first-order valence-electron chi connectivity index (χ1n) is 3.61. The van der Waals surface area contributed by atoms with E-state index in [1.807, 2.05) is 6.92 Å². The van der Waals surface area contributed by atoms with Crippen molar-refractivity contribution in [1.29, 1.82) is 0 Å². The zero-order chi connectivity index (χ0) is 7.14. The molecule has 0 spiro atoms. The van der Waals surface area contributed by atoms with Crippen LogP contribution < -0.4 is 0 Å². The molecule has 0 aromatic carbocycles. The Labute approximate surface area is 59.9 Å². The van der Waals surface area contributed by atoms with Crippen molar-refractivity contribution in [2.45, 2.75) is 32.0 Å². The van der Waals surface area contributed by atoms with Crippen molar-refractivity contribution >= 4 is 5.78 Å². The van der Waals surface area contributed by atoms with Crippen LogP contribution in [0.3, 0.4) is 0 Å². The van der Waals surface area contributed by atoms with Crippen LogP contribution >= 0.6 is 0 Å². The standard InChI is InChI=1S/C8H10O2/c1-5-2-7-3-6(9)4-8(5)10-7/h2,7-8H,3-4H2,1H3/t7-,8-/m0/s1. The number of fused-ring (bicyclic) bond motifs is 2. The second-order valence-electron chi connectivity index (χ2n) is 3.02. The van der Waals surface area contributed by atoms with E-state index in [1.165, 1.54) is 5.57 Å². The first kappa shape index (κ1) is 6.10.